The van der Waals surface area contributed by atoms with Crippen molar-refractivity contribution in [2.75, 3.05) is 6.54 Å². The highest BCUT2D eigenvalue weighted by Crippen LogP contribution is 2.27. The fourth-order valence-electron chi connectivity index (χ4n) is 2.86. The van der Waals surface area contributed by atoms with Gasteiger partial charge in [-0.25, -0.2) is 9.78 Å². The summed E-state index contributed by atoms with van der Waals surface area (Å²) in [6, 6.07) is 4.95. The summed E-state index contributed by atoms with van der Waals surface area (Å²) in [6.45, 7) is 2.64. The van der Waals surface area contributed by atoms with Gasteiger partial charge in [0.2, 0.25) is 5.91 Å². The van der Waals surface area contributed by atoms with Crippen molar-refractivity contribution >= 4 is 22.9 Å². The fraction of sp³-hybridized carbons (Fsp3) is 0.400. The van der Waals surface area contributed by atoms with E-state index >= 15 is 0 Å². The van der Waals surface area contributed by atoms with Crippen LogP contribution in [0.5, 0.6) is 0 Å². The first kappa shape index (κ1) is 13.6. The van der Waals surface area contributed by atoms with E-state index in [1.54, 1.807) is 18.2 Å². The summed E-state index contributed by atoms with van der Waals surface area (Å²) in [4.78, 5) is 27.3. The lowest BCUT2D eigenvalue weighted by Gasteiger charge is -2.14. The lowest BCUT2D eigenvalue weighted by molar-refractivity contribution is -0.119. The van der Waals surface area contributed by atoms with Crippen LogP contribution in [0.25, 0.3) is 11.0 Å². The summed E-state index contributed by atoms with van der Waals surface area (Å²) in [5.41, 5.74) is 1.81. The number of nitrogens with zero attached hydrogens (tertiary/aromatic N) is 2. The van der Waals surface area contributed by atoms with Crippen LogP contribution in [0.4, 0.5) is 0 Å². The van der Waals surface area contributed by atoms with E-state index < -0.39 is 5.97 Å². The van der Waals surface area contributed by atoms with E-state index in [4.69, 9.17) is 5.11 Å². The number of aromatic carboxylic acids is 1. The van der Waals surface area contributed by atoms with Crippen molar-refractivity contribution in [1.29, 1.82) is 0 Å². The van der Waals surface area contributed by atoms with Gasteiger partial charge >= 0.3 is 5.97 Å². The van der Waals surface area contributed by atoms with Crippen molar-refractivity contribution in [2.45, 2.75) is 32.2 Å². The Labute approximate surface area is 121 Å². The standard InChI is InChI=1S/C15H17N3O3/c1-2-3-13-17-11-5-4-9(15(20)21)6-12(11)18(13)10-7-14(19)16-8-10/h4-6,10H,2-3,7-8H2,1H3,(H,16,19)(H,20,21). The minimum Gasteiger partial charge on any atom is -0.478 e. The van der Waals surface area contributed by atoms with Gasteiger partial charge in [-0.05, 0) is 24.6 Å². The van der Waals surface area contributed by atoms with Crippen molar-refractivity contribution < 1.29 is 14.7 Å². The van der Waals surface area contributed by atoms with Crippen LogP contribution in [0.15, 0.2) is 18.2 Å². The Bertz CT molecular complexity index is 720. The molecule has 1 aromatic heterocycles. The van der Waals surface area contributed by atoms with Gasteiger partial charge in [0.15, 0.2) is 0 Å². The Balaban J connectivity index is 2.16. The van der Waals surface area contributed by atoms with Crippen LogP contribution >= 0.6 is 0 Å². The highest BCUT2D eigenvalue weighted by molar-refractivity contribution is 5.92. The van der Waals surface area contributed by atoms with Crippen molar-refractivity contribution in [3.05, 3.63) is 29.6 Å². The average molecular weight is 287 g/mol. The first-order valence-corrected chi connectivity index (χ1v) is 7.11. The second-order valence-corrected chi connectivity index (χ2v) is 5.32. The normalized spacial score (nSPS) is 18.1. The van der Waals surface area contributed by atoms with E-state index in [-0.39, 0.29) is 17.5 Å². The zero-order valence-corrected chi connectivity index (χ0v) is 11.8. The molecule has 6 heteroatoms. The SMILES string of the molecule is CCCc1nc2ccc(C(=O)O)cc2n1C1CNC(=O)C1. The summed E-state index contributed by atoms with van der Waals surface area (Å²) >= 11 is 0. The monoisotopic (exact) mass is 287 g/mol. The molecule has 2 heterocycles. The zero-order chi connectivity index (χ0) is 15.0. The molecule has 1 unspecified atom stereocenters. The predicted octanol–water partition coefficient (Wildman–Crippen LogP) is 1.75. The number of aromatic nitrogens is 2. The van der Waals surface area contributed by atoms with Crippen LogP contribution in [-0.2, 0) is 11.2 Å². The van der Waals surface area contributed by atoms with Crippen LogP contribution < -0.4 is 5.32 Å². The van der Waals surface area contributed by atoms with Gasteiger partial charge in [0.25, 0.3) is 0 Å². The number of carboxylic acid groups (broad SMARTS) is 1. The number of hydrogen-bond acceptors (Lipinski definition) is 3. The lowest BCUT2D eigenvalue weighted by atomic mass is 10.1. The molecule has 6 nitrogen and oxygen atoms in total. The van der Waals surface area contributed by atoms with Crippen LogP contribution in [0, 0.1) is 0 Å². The number of rotatable bonds is 4. The molecule has 3 rings (SSSR count). The van der Waals surface area contributed by atoms with E-state index in [2.05, 4.69) is 17.2 Å². The van der Waals surface area contributed by atoms with Crippen LogP contribution in [-0.4, -0.2) is 33.1 Å². The first-order chi connectivity index (χ1) is 10.1. The summed E-state index contributed by atoms with van der Waals surface area (Å²) in [7, 11) is 0. The number of aryl methyl sites for hydroxylation is 1. The van der Waals surface area contributed by atoms with E-state index in [1.165, 1.54) is 0 Å². The molecule has 1 aliphatic rings. The highest BCUT2D eigenvalue weighted by atomic mass is 16.4. The average Bonchev–Trinajstić information content (AvgIpc) is 3.01. The molecule has 110 valence electrons. The van der Waals surface area contributed by atoms with Gasteiger partial charge in [0.05, 0.1) is 22.6 Å². The van der Waals surface area contributed by atoms with Crippen LogP contribution in [0.1, 0.15) is 42.0 Å². The Morgan fingerprint density at radius 3 is 2.95 bits per heavy atom. The fourth-order valence-corrected chi connectivity index (χ4v) is 2.86. The second kappa shape index (κ2) is 5.20. The van der Waals surface area contributed by atoms with E-state index in [0.29, 0.717) is 13.0 Å². The molecule has 1 atom stereocenters. The Kier molecular flexibility index (Phi) is 3.37. The molecule has 1 fully saturated rings. The third-order valence-corrected chi connectivity index (χ3v) is 3.80. The Morgan fingerprint density at radius 1 is 1.52 bits per heavy atom. The van der Waals surface area contributed by atoms with E-state index in [1.807, 2.05) is 4.57 Å². The quantitative estimate of drug-likeness (QED) is 0.897. The number of carbonyl (C=O) groups excluding carboxylic acids is 1. The summed E-state index contributed by atoms with van der Waals surface area (Å²) in [5.74, 6) is -0.0162. The van der Waals surface area contributed by atoms with Crippen molar-refractivity contribution in [3.63, 3.8) is 0 Å². The van der Waals surface area contributed by atoms with Crippen molar-refractivity contribution in [2.24, 2.45) is 0 Å². The van der Waals surface area contributed by atoms with E-state index in [9.17, 15) is 9.59 Å². The summed E-state index contributed by atoms with van der Waals surface area (Å²) in [6.07, 6.45) is 2.17. The molecule has 21 heavy (non-hydrogen) atoms. The molecule has 0 spiro atoms. The van der Waals surface area contributed by atoms with Crippen molar-refractivity contribution in [3.8, 4) is 0 Å². The largest absolute Gasteiger partial charge is 0.478 e. The Morgan fingerprint density at radius 2 is 2.33 bits per heavy atom. The minimum absolute atomic E-state index is 0.00750. The lowest BCUT2D eigenvalue weighted by Crippen LogP contribution is -2.17. The maximum Gasteiger partial charge on any atom is 0.335 e. The van der Waals surface area contributed by atoms with Crippen LogP contribution in [0.2, 0.25) is 0 Å². The van der Waals surface area contributed by atoms with Gasteiger partial charge in [-0.15, -0.1) is 0 Å². The van der Waals surface area contributed by atoms with Gasteiger partial charge in [-0.1, -0.05) is 6.92 Å². The second-order valence-electron chi connectivity index (χ2n) is 5.32. The van der Waals surface area contributed by atoms with Gasteiger partial charge in [-0.2, -0.15) is 0 Å². The molecule has 0 aliphatic carbocycles. The summed E-state index contributed by atoms with van der Waals surface area (Å²) in [5, 5.41) is 12.0. The number of imidazole rings is 1. The number of carbonyl (C=O) groups is 2. The van der Waals surface area contributed by atoms with E-state index in [0.717, 1.165) is 29.7 Å². The van der Waals surface area contributed by atoms with Gasteiger partial charge in [-0.3, -0.25) is 4.79 Å². The molecular weight excluding hydrogens is 270 g/mol. The molecule has 0 radical (unpaired) electrons. The van der Waals surface area contributed by atoms with Crippen LogP contribution in [0.3, 0.4) is 0 Å². The molecule has 2 aromatic rings. The molecule has 2 N–H and O–H groups in total. The zero-order valence-electron chi connectivity index (χ0n) is 11.8. The molecule has 1 amide bonds. The van der Waals surface area contributed by atoms with Gasteiger partial charge in [0.1, 0.15) is 5.82 Å². The van der Waals surface area contributed by atoms with Crippen molar-refractivity contribution in [1.82, 2.24) is 14.9 Å². The topological polar surface area (TPSA) is 84.2 Å². The number of carboxylic acids is 1. The van der Waals surface area contributed by atoms with Gasteiger partial charge in [0, 0.05) is 19.4 Å². The maximum absolute atomic E-state index is 11.5. The number of fused-ring (bicyclic) bond motifs is 1. The molecule has 0 saturated carbocycles. The first-order valence-electron chi connectivity index (χ1n) is 7.11. The molecule has 1 aliphatic heterocycles. The highest BCUT2D eigenvalue weighted by Gasteiger charge is 2.27. The third-order valence-electron chi connectivity index (χ3n) is 3.80. The molecule has 1 aromatic carbocycles. The maximum atomic E-state index is 11.5. The number of benzene rings is 1. The Hall–Kier alpha value is -2.37. The number of hydrogen-bond donors (Lipinski definition) is 2. The minimum atomic E-state index is -0.956. The molecular formula is C15H17N3O3. The molecule has 1 saturated heterocycles. The van der Waals surface area contributed by atoms with Gasteiger partial charge < -0.3 is 15.0 Å². The summed E-state index contributed by atoms with van der Waals surface area (Å²) < 4.78 is 2.03. The number of nitrogens with one attached hydrogen (secondary N) is 1. The number of amides is 1. The smallest absolute Gasteiger partial charge is 0.335 e. The third kappa shape index (κ3) is 2.37. The molecule has 0 bridgehead atoms. The predicted molar refractivity (Wildman–Crippen MR) is 77.4 cm³/mol.